The Labute approximate surface area is 101 Å². The Kier molecular flexibility index (Phi) is 4.34. The molecule has 1 aliphatic heterocycles. The van der Waals surface area contributed by atoms with Crippen LogP contribution in [0.2, 0.25) is 0 Å². The van der Waals surface area contributed by atoms with Crippen molar-refractivity contribution < 1.29 is 19.8 Å². The van der Waals surface area contributed by atoms with Gasteiger partial charge in [-0.15, -0.1) is 0 Å². The number of aliphatic hydroxyl groups excluding tert-OH is 1. The van der Waals surface area contributed by atoms with Crippen LogP contribution in [0.1, 0.15) is 26.7 Å². The van der Waals surface area contributed by atoms with Crippen LogP contribution in [0, 0.1) is 5.41 Å². The van der Waals surface area contributed by atoms with Gasteiger partial charge in [0.2, 0.25) is 0 Å². The van der Waals surface area contributed by atoms with Gasteiger partial charge in [0.15, 0.2) is 0 Å². The highest BCUT2D eigenvalue weighted by molar-refractivity contribution is 5.82. The maximum Gasteiger partial charge on any atom is 0.326 e. The van der Waals surface area contributed by atoms with Gasteiger partial charge in [-0.1, -0.05) is 13.8 Å². The standard InChI is InChI=1S/C11H20N2O4/c1-11(2)4-5-13(7-11)10(17)12-8(3-6-14)9(15)16/h8,14H,3-7H2,1-2H3,(H,12,17)(H,15,16). The molecule has 0 aromatic rings. The van der Waals surface area contributed by atoms with Gasteiger partial charge < -0.3 is 20.4 Å². The van der Waals surface area contributed by atoms with Crippen molar-refractivity contribution in [2.75, 3.05) is 19.7 Å². The molecule has 98 valence electrons. The molecule has 1 fully saturated rings. The largest absolute Gasteiger partial charge is 0.480 e. The first-order valence-electron chi connectivity index (χ1n) is 5.75. The first-order chi connectivity index (χ1) is 7.85. The van der Waals surface area contributed by atoms with Crippen molar-refractivity contribution in [1.29, 1.82) is 0 Å². The zero-order valence-corrected chi connectivity index (χ0v) is 10.3. The van der Waals surface area contributed by atoms with Crippen LogP contribution in [0.4, 0.5) is 4.79 Å². The van der Waals surface area contributed by atoms with Gasteiger partial charge in [-0.3, -0.25) is 0 Å². The lowest BCUT2D eigenvalue weighted by molar-refractivity contribution is -0.139. The number of rotatable bonds is 4. The molecule has 1 aliphatic rings. The van der Waals surface area contributed by atoms with Crippen LogP contribution >= 0.6 is 0 Å². The number of carboxylic acids is 1. The fourth-order valence-corrected chi connectivity index (χ4v) is 1.91. The maximum atomic E-state index is 11.8. The molecule has 3 N–H and O–H groups in total. The smallest absolute Gasteiger partial charge is 0.326 e. The minimum absolute atomic E-state index is 0.0261. The first kappa shape index (κ1) is 13.8. The van der Waals surface area contributed by atoms with Crippen LogP contribution in [-0.2, 0) is 4.79 Å². The molecule has 0 aromatic heterocycles. The number of aliphatic carboxylic acids is 1. The molecule has 17 heavy (non-hydrogen) atoms. The molecule has 0 spiro atoms. The minimum Gasteiger partial charge on any atom is -0.480 e. The van der Waals surface area contributed by atoms with Crippen molar-refractivity contribution in [2.24, 2.45) is 5.41 Å². The second kappa shape index (κ2) is 5.35. The van der Waals surface area contributed by atoms with E-state index in [2.05, 4.69) is 19.2 Å². The molecule has 2 amide bonds. The summed E-state index contributed by atoms with van der Waals surface area (Å²) < 4.78 is 0. The lowest BCUT2D eigenvalue weighted by Crippen LogP contribution is -2.47. The van der Waals surface area contributed by atoms with Gasteiger partial charge in [-0.2, -0.15) is 0 Å². The number of urea groups is 1. The number of carbonyl (C=O) groups excluding carboxylic acids is 1. The SMILES string of the molecule is CC1(C)CCN(C(=O)NC(CCO)C(=O)O)C1. The van der Waals surface area contributed by atoms with Crippen LogP contribution < -0.4 is 5.32 Å². The molecule has 0 bridgehead atoms. The van der Waals surface area contributed by atoms with Crippen LogP contribution in [0.5, 0.6) is 0 Å². The number of aliphatic hydroxyl groups is 1. The van der Waals surface area contributed by atoms with E-state index in [1.165, 1.54) is 0 Å². The van der Waals surface area contributed by atoms with E-state index in [0.717, 1.165) is 6.42 Å². The van der Waals surface area contributed by atoms with E-state index in [9.17, 15) is 9.59 Å². The molecule has 0 radical (unpaired) electrons. The van der Waals surface area contributed by atoms with Crippen molar-refractivity contribution in [3.63, 3.8) is 0 Å². The molecule has 0 aliphatic carbocycles. The first-order valence-corrected chi connectivity index (χ1v) is 5.75. The topological polar surface area (TPSA) is 89.9 Å². The van der Waals surface area contributed by atoms with E-state index in [1.54, 1.807) is 4.90 Å². The Morgan fingerprint density at radius 1 is 1.47 bits per heavy atom. The van der Waals surface area contributed by atoms with E-state index in [4.69, 9.17) is 10.2 Å². The van der Waals surface area contributed by atoms with Gasteiger partial charge in [0.25, 0.3) is 0 Å². The summed E-state index contributed by atoms with van der Waals surface area (Å²) in [5.74, 6) is -1.12. The maximum absolute atomic E-state index is 11.8. The Morgan fingerprint density at radius 3 is 2.53 bits per heavy atom. The van der Waals surface area contributed by atoms with Crippen molar-refractivity contribution in [2.45, 2.75) is 32.7 Å². The fourth-order valence-electron chi connectivity index (χ4n) is 1.91. The number of nitrogens with one attached hydrogen (secondary N) is 1. The fraction of sp³-hybridized carbons (Fsp3) is 0.818. The van der Waals surface area contributed by atoms with Crippen LogP contribution in [0.3, 0.4) is 0 Å². The number of hydrogen-bond donors (Lipinski definition) is 3. The highest BCUT2D eigenvalue weighted by Crippen LogP contribution is 2.28. The lowest BCUT2D eigenvalue weighted by Gasteiger charge is -2.22. The Bertz CT molecular complexity index is 304. The van der Waals surface area contributed by atoms with Gasteiger partial charge >= 0.3 is 12.0 Å². The van der Waals surface area contributed by atoms with Crippen molar-refractivity contribution in [3.05, 3.63) is 0 Å². The van der Waals surface area contributed by atoms with Gasteiger partial charge in [-0.25, -0.2) is 9.59 Å². The summed E-state index contributed by atoms with van der Waals surface area (Å²) in [7, 11) is 0. The van der Waals surface area contributed by atoms with E-state index < -0.39 is 12.0 Å². The summed E-state index contributed by atoms with van der Waals surface area (Å²) in [6, 6.07) is -1.38. The molecule has 1 unspecified atom stereocenters. The average molecular weight is 244 g/mol. The predicted octanol–water partition coefficient (Wildman–Crippen LogP) is 0.263. The summed E-state index contributed by atoms with van der Waals surface area (Å²) in [5, 5.41) is 20.0. The Balaban J connectivity index is 2.51. The highest BCUT2D eigenvalue weighted by Gasteiger charge is 2.33. The normalized spacial score (nSPS) is 20.1. The van der Waals surface area contributed by atoms with Crippen LogP contribution in [0.15, 0.2) is 0 Å². The number of nitrogens with zero attached hydrogens (tertiary/aromatic N) is 1. The molecule has 1 atom stereocenters. The van der Waals surface area contributed by atoms with E-state index in [0.29, 0.717) is 13.1 Å². The monoisotopic (exact) mass is 244 g/mol. The lowest BCUT2D eigenvalue weighted by atomic mass is 9.93. The van der Waals surface area contributed by atoms with Gasteiger partial charge in [0, 0.05) is 26.1 Å². The third-order valence-corrected chi connectivity index (χ3v) is 2.98. The quantitative estimate of drug-likeness (QED) is 0.662. The summed E-state index contributed by atoms with van der Waals surface area (Å²) in [6.07, 6.45) is 0.941. The number of hydrogen-bond acceptors (Lipinski definition) is 3. The predicted molar refractivity (Wildman–Crippen MR) is 61.6 cm³/mol. The Hall–Kier alpha value is -1.30. The van der Waals surface area contributed by atoms with Crippen LogP contribution in [0.25, 0.3) is 0 Å². The van der Waals surface area contributed by atoms with E-state index in [1.807, 2.05) is 0 Å². The second-order valence-electron chi connectivity index (χ2n) is 5.19. The molecule has 1 heterocycles. The molecule has 6 heteroatoms. The summed E-state index contributed by atoms with van der Waals surface area (Å²) >= 11 is 0. The van der Waals surface area contributed by atoms with Crippen LogP contribution in [-0.4, -0.2) is 52.9 Å². The number of likely N-dealkylation sites (tertiary alicyclic amines) is 1. The zero-order chi connectivity index (χ0) is 13.1. The second-order valence-corrected chi connectivity index (χ2v) is 5.19. The number of amides is 2. The molecule has 0 saturated carbocycles. The molecule has 1 rings (SSSR count). The third kappa shape index (κ3) is 3.89. The number of carboxylic acid groups (broad SMARTS) is 1. The van der Waals surface area contributed by atoms with Crippen molar-refractivity contribution in [3.8, 4) is 0 Å². The number of carbonyl (C=O) groups is 2. The molecule has 6 nitrogen and oxygen atoms in total. The van der Waals surface area contributed by atoms with E-state index in [-0.39, 0.29) is 24.5 Å². The average Bonchev–Trinajstić information content (AvgIpc) is 2.58. The van der Waals surface area contributed by atoms with E-state index >= 15 is 0 Å². The molecule has 1 saturated heterocycles. The molecular formula is C11H20N2O4. The van der Waals surface area contributed by atoms with Gasteiger partial charge in [0.05, 0.1) is 0 Å². The zero-order valence-electron chi connectivity index (χ0n) is 10.3. The van der Waals surface area contributed by atoms with Crippen molar-refractivity contribution >= 4 is 12.0 Å². The third-order valence-electron chi connectivity index (χ3n) is 2.98. The summed E-state index contributed by atoms with van der Waals surface area (Å²) in [4.78, 5) is 24.2. The molecule has 0 aromatic carbocycles. The van der Waals surface area contributed by atoms with Gasteiger partial charge in [0.1, 0.15) is 6.04 Å². The molecular weight excluding hydrogens is 224 g/mol. The summed E-state index contributed by atoms with van der Waals surface area (Å²) in [5.41, 5.74) is 0.0903. The van der Waals surface area contributed by atoms with Crippen molar-refractivity contribution in [1.82, 2.24) is 10.2 Å². The summed E-state index contributed by atoms with van der Waals surface area (Å²) in [6.45, 7) is 5.16. The van der Waals surface area contributed by atoms with Gasteiger partial charge in [-0.05, 0) is 11.8 Å². The Morgan fingerprint density at radius 2 is 2.12 bits per heavy atom. The minimum atomic E-state index is -1.12. The highest BCUT2D eigenvalue weighted by atomic mass is 16.4.